The fraction of sp³-hybridized carbons (Fsp3) is 0.455. The lowest BCUT2D eigenvalue weighted by Gasteiger charge is -2.15. The molecule has 0 aliphatic heterocycles. The third kappa shape index (κ3) is 2.73. The Balaban J connectivity index is 2.30. The van der Waals surface area contributed by atoms with Gasteiger partial charge in [0.2, 0.25) is 0 Å². The number of carboxylic acids is 1. The monoisotopic (exact) mass is 266 g/mol. The quantitative estimate of drug-likeness (QED) is 0.867. The van der Waals surface area contributed by atoms with Gasteiger partial charge in [-0.3, -0.25) is 4.79 Å². The summed E-state index contributed by atoms with van der Waals surface area (Å²) >= 11 is 1.56. The van der Waals surface area contributed by atoms with Gasteiger partial charge in [0.05, 0.1) is 12.5 Å². The van der Waals surface area contributed by atoms with Gasteiger partial charge in [-0.05, 0) is 28.3 Å². The van der Waals surface area contributed by atoms with Crippen LogP contribution in [0.15, 0.2) is 16.8 Å². The van der Waals surface area contributed by atoms with Crippen LogP contribution in [0.25, 0.3) is 11.4 Å². The summed E-state index contributed by atoms with van der Waals surface area (Å²) in [6.45, 7) is 2.02. The zero-order valence-electron chi connectivity index (χ0n) is 9.98. The third-order valence-electron chi connectivity index (χ3n) is 2.65. The topological polar surface area (TPSA) is 80.9 Å². The summed E-state index contributed by atoms with van der Waals surface area (Å²) in [5.41, 5.74) is 0.927. The summed E-state index contributed by atoms with van der Waals surface area (Å²) in [5, 5.41) is 24.4. The SMILES string of the molecule is CCCC(CC(=O)O)n1nnnc1-c1ccsc1. The summed E-state index contributed by atoms with van der Waals surface area (Å²) < 4.78 is 1.62. The molecule has 2 aromatic heterocycles. The van der Waals surface area contributed by atoms with E-state index < -0.39 is 5.97 Å². The average molecular weight is 266 g/mol. The van der Waals surface area contributed by atoms with E-state index in [1.807, 2.05) is 23.8 Å². The minimum atomic E-state index is -0.833. The van der Waals surface area contributed by atoms with Gasteiger partial charge in [-0.15, -0.1) is 5.10 Å². The van der Waals surface area contributed by atoms with Crippen molar-refractivity contribution in [1.82, 2.24) is 20.2 Å². The molecule has 2 rings (SSSR count). The zero-order valence-corrected chi connectivity index (χ0v) is 10.8. The highest BCUT2D eigenvalue weighted by Gasteiger charge is 2.20. The minimum Gasteiger partial charge on any atom is -0.481 e. The van der Waals surface area contributed by atoms with Crippen molar-refractivity contribution < 1.29 is 9.90 Å². The van der Waals surface area contributed by atoms with Gasteiger partial charge in [0.1, 0.15) is 0 Å². The lowest BCUT2D eigenvalue weighted by Crippen LogP contribution is -2.16. The van der Waals surface area contributed by atoms with Gasteiger partial charge in [-0.1, -0.05) is 13.3 Å². The van der Waals surface area contributed by atoms with Crippen molar-refractivity contribution in [1.29, 1.82) is 0 Å². The van der Waals surface area contributed by atoms with Gasteiger partial charge in [0, 0.05) is 10.9 Å². The van der Waals surface area contributed by atoms with Gasteiger partial charge in [0.25, 0.3) is 0 Å². The van der Waals surface area contributed by atoms with Crippen LogP contribution in [0.5, 0.6) is 0 Å². The number of aliphatic carboxylic acids is 1. The fourth-order valence-corrected chi connectivity index (χ4v) is 2.50. The third-order valence-corrected chi connectivity index (χ3v) is 3.33. The van der Waals surface area contributed by atoms with Crippen LogP contribution >= 0.6 is 11.3 Å². The number of hydrogen-bond acceptors (Lipinski definition) is 5. The van der Waals surface area contributed by atoms with E-state index in [9.17, 15) is 4.79 Å². The van der Waals surface area contributed by atoms with Gasteiger partial charge in [0.15, 0.2) is 5.82 Å². The molecule has 0 saturated heterocycles. The number of thiophene rings is 1. The smallest absolute Gasteiger partial charge is 0.305 e. The maximum absolute atomic E-state index is 10.9. The molecule has 1 unspecified atom stereocenters. The largest absolute Gasteiger partial charge is 0.481 e. The predicted octanol–water partition coefficient (Wildman–Crippen LogP) is 2.22. The van der Waals surface area contributed by atoms with Crippen LogP contribution in [0.2, 0.25) is 0 Å². The van der Waals surface area contributed by atoms with E-state index in [1.54, 1.807) is 16.0 Å². The van der Waals surface area contributed by atoms with E-state index in [0.717, 1.165) is 18.4 Å². The first-order valence-corrected chi connectivity index (χ1v) is 6.69. The van der Waals surface area contributed by atoms with Crippen LogP contribution in [-0.4, -0.2) is 31.3 Å². The van der Waals surface area contributed by atoms with E-state index in [1.165, 1.54) is 0 Å². The normalized spacial score (nSPS) is 12.5. The first kappa shape index (κ1) is 12.7. The van der Waals surface area contributed by atoms with E-state index in [-0.39, 0.29) is 12.5 Å². The molecule has 0 aliphatic carbocycles. The second kappa shape index (κ2) is 5.72. The number of rotatable bonds is 6. The lowest BCUT2D eigenvalue weighted by molar-refractivity contribution is -0.138. The van der Waals surface area contributed by atoms with Crippen LogP contribution in [0.3, 0.4) is 0 Å². The molecule has 0 radical (unpaired) electrons. The molecule has 96 valence electrons. The van der Waals surface area contributed by atoms with Crippen molar-refractivity contribution >= 4 is 17.3 Å². The maximum atomic E-state index is 10.9. The predicted molar refractivity (Wildman–Crippen MR) is 67.3 cm³/mol. The number of tetrazole rings is 1. The van der Waals surface area contributed by atoms with Crippen LogP contribution in [0.1, 0.15) is 32.2 Å². The molecule has 0 aliphatic rings. The molecule has 1 N–H and O–H groups in total. The average Bonchev–Trinajstić information content (AvgIpc) is 2.98. The highest BCUT2D eigenvalue weighted by molar-refractivity contribution is 7.08. The Hall–Kier alpha value is -1.76. The Morgan fingerprint density at radius 2 is 2.44 bits per heavy atom. The van der Waals surface area contributed by atoms with Crippen LogP contribution < -0.4 is 0 Å². The first-order valence-electron chi connectivity index (χ1n) is 5.74. The molecular formula is C11H14N4O2S. The minimum absolute atomic E-state index is 0.0377. The van der Waals surface area contributed by atoms with Crippen LogP contribution in [-0.2, 0) is 4.79 Å². The summed E-state index contributed by atoms with van der Waals surface area (Å²) in [6.07, 6.45) is 1.67. The Labute approximate surface area is 108 Å². The van der Waals surface area contributed by atoms with E-state index in [2.05, 4.69) is 15.5 Å². The Morgan fingerprint density at radius 3 is 3.06 bits per heavy atom. The zero-order chi connectivity index (χ0) is 13.0. The van der Waals surface area contributed by atoms with Crippen molar-refractivity contribution in [3.05, 3.63) is 16.8 Å². The molecule has 6 nitrogen and oxygen atoms in total. The summed E-state index contributed by atoms with van der Waals surface area (Å²) in [7, 11) is 0. The van der Waals surface area contributed by atoms with Crippen LogP contribution in [0.4, 0.5) is 0 Å². The number of aromatic nitrogens is 4. The summed E-state index contributed by atoms with van der Waals surface area (Å²) in [5.74, 6) is -0.198. The number of carboxylic acid groups (broad SMARTS) is 1. The maximum Gasteiger partial charge on any atom is 0.305 e. The molecular weight excluding hydrogens is 252 g/mol. The number of hydrogen-bond donors (Lipinski definition) is 1. The molecule has 0 saturated carbocycles. The van der Waals surface area contributed by atoms with Crippen LogP contribution in [0, 0.1) is 0 Å². The fourth-order valence-electron chi connectivity index (χ4n) is 1.87. The van der Waals surface area contributed by atoms with Crippen molar-refractivity contribution in [3.63, 3.8) is 0 Å². The summed E-state index contributed by atoms with van der Waals surface area (Å²) in [6, 6.07) is 1.73. The van der Waals surface area contributed by atoms with Gasteiger partial charge >= 0.3 is 5.97 Å². The number of nitrogens with zero attached hydrogens (tertiary/aromatic N) is 4. The molecule has 0 fully saturated rings. The molecule has 0 spiro atoms. The van der Waals surface area contributed by atoms with Crippen molar-refractivity contribution in [3.8, 4) is 11.4 Å². The first-order chi connectivity index (χ1) is 8.72. The van der Waals surface area contributed by atoms with E-state index >= 15 is 0 Å². The van der Waals surface area contributed by atoms with Crippen molar-refractivity contribution in [2.24, 2.45) is 0 Å². The molecule has 18 heavy (non-hydrogen) atoms. The van der Waals surface area contributed by atoms with E-state index in [4.69, 9.17) is 5.11 Å². The molecule has 0 aromatic carbocycles. The van der Waals surface area contributed by atoms with Crippen molar-refractivity contribution in [2.75, 3.05) is 0 Å². The standard InChI is InChI=1S/C11H14N4O2S/c1-2-3-9(6-10(16)17)15-11(12-13-14-15)8-4-5-18-7-8/h4-5,7,9H,2-3,6H2,1H3,(H,16,17). The lowest BCUT2D eigenvalue weighted by atomic mass is 10.1. The second-order valence-corrected chi connectivity index (χ2v) is 4.78. The molecule has 0 bridgehead atoms. The Kier molecular flexibility index (Phi) is 4.03. The van der Waals surface area contributed by atoms with Gasteiger partial charge < -0.3 is 5.11 Å². The molecule has 0 amide bonds. The Morgan fingerprint density at radius 1 is 1.61 bits per heavy atom. The number of carbonyl (C=O) groups is 1. The molecule has 7 heteroatoms. The van der Waals surface area contributed by atoms with Gasteiger partial charge in [-0.2, -0.15) is 11.3 Å². The second-order valence-electron chi connectivity index (χ2n) is 4.00. The highest BCUT2D eigenvalue weighted by Crippen LogP contribution is 2.25. The Bertz CT molecular complexity index is 509. The van der Waals surface area contributed by atoms with Gasteiger partial charge in [-0.25, -0.2) is 4.68 Å². The summed E-state index contributed by atoms with van der Waals surface area (Å²) in [4.78, 5) is 10.9. The molecule has 1 atom stereocenters. The van der Waals surface area contributed by atoms with E-state index in [0.29, 0.717) is 5.82 Å². The highest BCUT2D eigenvalue weighted by atomic mass is 32.1. The molecule has 2 aromatic rings. The van der Waals surface area contributed by atoms with Crippen molar-refractivity contribution in [2.45, 2.75) is 32.2 Å². The molecule has 2 heterocycles.